The molecule has 0 bridgehead atoms. The maximum atomic E-state index is 11.4. The zero-order chi connectivity index (χ0) is 13.7. The van der Waals surface area contributed by atoms with Crippen molar-refractivity contribution in [1.29, 1.82) is 0 Å². The summed E-state index contributed by atoms with van der Waals surface area (Å²) in [6, 6.07) is 4.91. The van der Waals surface area contributed by atoms with Crippen LogP contribution in [0.5, 0.6) is 0 Å². The van der Waals surface area contributed by atoms with Gasteiger partial charge in [-0.25, -0.2) is 4.79 Å². The summed E-state index contributed by atoms with van der Waals surface area (Å²) < 4.78 is 0. The molecule has 1 aromatic rings. The van der Waals surface area contributed by atoms with Gasteiger partial charge in [0, 0.05) is 19.3 Å². The molecule has 18 heavy (non-hydrogen) atoms. The average molecular weight is 250 g/mol. The van der Waals surface area contributed by atoms with Crippen molar-refractivity contribution >= 4 is 17.6 Å². The number of rotatable bonds is 5. The van der Waals surface area contributed by atoms with Crippen LogP contribution in [0.15, 0.2) is 18.2 Å². The lowest BCUT2D eigenvalue weighted by molar-refractivity contribution is -0.119. The van der Waals surface area contributed by atoms with Gasteiger partial charge in [-0.1, -0.05) is 0 Å². The summed E-state index contributed by atoms with van der Waals surface area (Å²) in [6.07, 6.45) is 0. The van der Waals surface area contributed by atoms with Gasteiger partial charge in [0.15, 0.2) is 0 Å². The largest absolute Gasteiger partial charge is 0.478 e. The number of likely N-dealkylation sites (N-methyl/N-ethyl adjacent to an activating group) is 2. The van der Waals surface area contributed by atoms with Crippen molar-refractivity contribution in [2.24, 2.45) is 0 Å². The molecule has 1 rings (SSSR count). The van der Waals surface area contributed by atoms with Crippen LogP contribution >= 0.6 is 0 Å². The van der Waals surface area contributed by atoms with Gasteiger partial charge in [0.05, 0.1) is 12.1 Å². The minimum absolute atomic E-state index is 0.0708. The van der Waals surface area contributed by atoms with E-state index in [-0.39, 0.29) is 18.0 Å². The molecule has 5 heteroatoms. The lowest BCUT2D eigenvalue weighted by Gasteiger charge is -2.24. The molecule has 0 unspecified atom stereocenters. The second-order valence-corrected chi connectivity index (χ2v) is 3.99. The van der Waals surface area contributed by atoms with Crippen LogP contribution in [0.25, 0.3) is 0 Å². The number of nitrogens with one attached hydrogen (secondary N) is 1. The highest BCUT2D eigenvalue weighted by molar-refractivity contribution is 5.89. The number of carboxylic acids is 1. The molecule has 0 spiro atoms. The molecule has 98 valence electrons. The summed E-state index contributed by atoms with van der Waals surface area (Å²) in [7, 11) is 1.59. The van der Waals surface area contributed by atoms with Crippen molar-refractivity contribution < 1.29 is 14.7 Å². The van der Waals surface area contributed by atoms with Crippen LogP contribution in [-0.4, -0.2) is 37.1 Å². The summed E-state index contributed by atoms with van der Waals surface area (Å²) in [6.45, 7) is 4.74. The topological polar surface area (TPSA) is 69.6 Å². The number of amides is 1. The van der Waals surface area contributed by atoms with Crippen molar-refractivity contribution in [3.63, 3.8) is 0 Å². The van der Waals surface area contributed by atoms with E-state index >= 15 is 0 Å². The fourth-order valence-corrected chi connectivity index (χ4v) is 1.76. The Hall–Kier alpha value is -2.04. The zero-order valence-corrected chi connectivity index (χ0v) is 10.9. The fraction of sp³-hybridized carbons (Fsp3) is 0.385. The van der Waals surface area contributed by atoms with Crippen LogP contribution in [0, 0.1) is 6.92 Å². The van der Waals surface area contributed by atoms with E-state index in [9.17, 15) is 9.59 Å². The third-order valence-corrected chi connectivity index (χ3v) is 2.78. The molecule has 5 nitrogen and oxygen atoms in total. The summed E-state index contributed by atoms with van der Waals surface area (Å²) in [5.74, 6) is -1.02. The summed E-state index contributed by atoms with van der Waals surface area (Å²) in [4.78, 5) is 24.1. The van der Waals surface area contributed by atoms with E-state index in [1.54, 1.807) is 25.2 Å². The van der Waals surface area contributed by atoms with Gasteiger partial charge in [-0.3, -0.25) is 4.79 Å². The number of nitrogens with zero attached hydrogens (tertiary/aromatic N) is 1. The van der Waals surface area contributed by atoms with Crippen LogP contribution in [0.2, 0.25) is 0 Å². The first-order valence-electron chi connectivity index (χ1n) is 5.79. The van der Waals surface area contributed by atoms with Gasteiger partial charge in [-0.2, -0.15) is 0 Å². The Labute approximate surface area is 106 Å². The number of benzene rings is 1. The van der Waals surface area contributed by atoms with Gasteiger partial charge in [-0.15, -0.1) is 0 Å². The molecule has 0 saturated carbocycles. The van der Waals surface area contributed by atoms with Crippen molar-refractivity contribution in [2.45, 2.75) is 13.8 Å². The van der Waals surface area contributed by atoms with E-state index in [0.29, 0.717) is 6.54 Å². The van der Waals surface area contributed by atoms with Gasteiger partial charge in [0.1, 0.15) is 0 Å². The summed E-state index contributed by atoms with van der Waals surface area (Å²) in [5, 5.41) is 11.5. The Morgan fingerprint density at radius 1 is 1.39 bits per heavy atom. The normalized spacial score (nSPS) is 9.94. The standard InChI is InChI=1S/C13H18N2O3/c1-4-15(8-12(16)14-3)11-6-5-10(13(17)18)7-9(11)2/h5-7H,4,8H2,1-3H3,(H,14,16)(H,17,18). The minimum Gasteiger partial charge on any atom is -0.478 e. The molecule has 1 aromatic carbocycles. The summed E-state index contributed by atoms with van der Waals surface area (Å²) >= 11 is 0. The van der Waals surface area contributed by atoms with E-state index in [2.05, 4.69) is 5.32 Å². The Morgan fingerprint density at radius 3 is 2.50 bits per heavy atom. The fourth-order valence-electron chi connectivity index (χ4n) is 1.76. The van der Waals surface area contributed by atoms with Crippen molar-refractivity contribution in [2.75, 3.05) is 25.0 Å². The number of anilines is 1. The highest BCUT2D eigenvalue weighted by atomic mass is 16.4. The highest BCUT2D eigenvalue weighted by Gasteiger charge is 2.12. The maximum absolute atomic E-state index is 11.4. The Kier molecular flexibility index (Phi) is 4.71. The molecule has 0 atom stereocenters. The van der Waals surface area contributed by atoms with Gasteiger partial charge >= 0.3 is 5.97 Å². The minimum atomic E-state index is -0.945. The Balaban J connectivity index is 3.00. The molecule has 0 saturated heterocycles. The van der Waals surface area contributed by atoms with E-state index < -0.39 is 5.97 Å². The lowest BCUT2D eigenvalue weighted by Crippen LogP contribution is -2.35. The van der Waals surface area contributed by atoms with E-state index in [1.807, 2.05) is 18.7 Å². The first-order valence-corrected chi connectivity index (χ1v) is 5.79. The molecule has 0 fully saturated rings. The van der Waals surface area contributed by atoms with Crippen LogP contribution in [0.3, 0.4) is 0 Å². The summed E-state index contributed by atoms with van der Waals surface area (Å²) in [5.41, 5.74) is 1.99. The molecular formula is C13H18N2O3. The Bertz CT molecular complexity index is 458. The molecule has 0 aliphatic heterocycles. The van der Waals surface area contributed by atoms with Crippen LogP contribution in [0.4, 0.5) is 5.69 Å². The number of carbonyl (C=O) groups excluding carboxylic acids is 1. The number of aromatic carboxylic acids is 1. The molecular weight excluding hydrogens is 232 g/mol. The molecule has 1 amide bonds. The Morgan fingerprint density at radius 2 is 2.06 bits per heavy atom. The first-order chi connectivity index (χ1) is 8.49. The first kappa shape index (κ1) is 14.0. The second kappa shape index (κ2) is 6.05. The van der Waals surface area contributed by atoms with E-state index in [4.69, 9.17) is 5.11 Å². The van der Waals surface area contributed by atoms with Gasteiger partial charge < -0.3 is 15.3 Å². The van der Waals surface area contributed by atoms with Crippen molar-refractivity contribution in [3.8, 4) is 0 Å². The quantitative estimate of drug-likeness (QED) is 0.825. The number of aryl methyl sites for hydroxylation is 1. The number of carbonyl (C=O) groups is 2. The molecule has 0 aliphatic carbocycles. The predicted octanol–water partition coefficient (Wildman–Crippen LogP) is 1.27. The second-order valence-electron chi connectivity index (χ2n) is 3.99. The van der Waals surface area contributed by atoms with Crippen LogP contribution < -0.4 is 10.2 Å². The highest BCUT2D eigenvalue weighted by Crippen LogP contribution is 2.21. The monoisotopic (exact) mass is 250 g/mol. The smallest absolute Gasteiger partial charge is 0.335 e. The lowest BCUT2D eigenvalue weighted by atomic mass is 10.1. The zero-order valence-electron chi connectivity index (χ0n) is 10.9. The number of hydrogen-bond acceptors (Lipinski definition) is 3. The van der Waals surface area contributed by atoms with E-state index in [1.165, 1.54) is 0 Å². The number of carboxylic acid groups (broad SMARTS) is 1. The molecule has 0 radical (unpaired) electrons. The third kappa shape index (κ3) is 3.23. The van der Waals surface area contributed by atoms with Gasteiger partial charge in [0.2, 0.25) is 5.91 Å². The van der Waals surface area contributed by atoms with E-state index in [0.717, 1.165) is 11.3 Å². The SMILES string of the molecule is CCN(CC(=O)NC)c1ccc(C(=O)O)cc1C. The molecule has 0 aromatic heterocycles. The maximum Gasteiger partial charge on any atom is 0.335 e. The van der Waals surface area contributed by atoms with Gasteiger partial charge in [0.25, 0.3) is 0 Å². The molecule has 2 N–H and O–H groups in total. The van der Waals surface area contributed by atoms with Gasteiger partial charge in [-0.05, 0) is 37.6 Å². The van der Waals surface area contributed by atoms with Crippen molar-refractivity contribution in [3.05, 3.63) is 29.3 Å². The predicted molar refractivity (Wildman–Crippen MR) is 70.1 cm³/mol. The van der Waals surface area contributed by atoms with Crippen LogP contribution in [0.1, 0.15) is 22.8 Å². The average Bonchev–Trinajstić information content (AvgIpc) is 2.35. The molecule has 0 heterocycles. The number of hydrogen-bond donors (Lipinski definition) is 2. The van der Waals surface area contributed by atoms with Crippen molar-refractivity contribution in [1.82, 2.24) is 5.32 Å². The van der Waals surface area contributed by atoms with Crippen LogP contribution in [-0.2, 0) is 4.79 Å². The molecule has 0 aliphatic rings. The third-order valence-electron chi connectivity index (χ3n) is 2.78.